The highest BCUT2D eigenvalue weighted by Crippen LogP contribution is 2.27. The Morgan fingerprint density at radius 3 is 2.35 bits per heavy atom. The zero-order valence-electron chi connectivity index (χ0n) is 10.4. The van der Waals surface area contributed by atoms with Gasteiger partial charge in [0, 0.05) is 11.3 Å². The van der Waals surface area contributed by atoms with E-state index in [1.54, 1.807) is 18.2 Å². The van der Waals surface area contributed by atoms with Crippen molar-refractivity contribution in [2.24, 2.45) is 0 Å². The van der Waals surface area contributed by atoms with Gasteiger partial charge in [-0.1, -0.05) is 12.1 Å². The van der Waals surface area contributed by atoms with Crippen molar-refractivity contribution in [1.82, 2.24) is 19.9 Å². The molecule has 0 unspecified atom stereocenters. The largest absolute Gasteiger partial charge is 0.399 e. The lowest BCUT2D eigenvalue weighted by Crippen LogP contribution is -2.06. The highest BCUT2D eigenvalue weighted by atomic mass is 15.1. The maximum atomic E-state index is 5.91. The van der Waals surface area contributed by atoms with Crippen molar-refractivity contribution in [1.29, 1.82) is 0 Å². The molecule has 0 radical (unpaired) electrons. The van der Waals surface area contributed by atoms with Crippen molar-refractivity contribution < 1.29 is 0 Å². The van der Waals surface area contributed by atoms with Gasteiger partial charge in [0.25, 0.3) is 0 Å². The van der Waals surface area contributed by atoms with Gasteiger partial charge in [-0.15, -0.1) is 0 Å². The Hall–Kier alpha value is -3.16. The minimum Gasteiger partial charge on any atom is -0.399 e. The van der Waals surface area contributed by atoms with E-state index in [4.69, 9.17) is 22.9 Å². The molecule has 0 aliphatic heterocycles. The topological polar surface area (TPSA) is 156 Å². The van der Waals surface area contributed by atoms with E-state index in [0.717, 1.165) is 5.56 Å². The molecule has 0 amide bonds. The van der Waals surface area contributed by atoms with E-state index in [-0.39, 0.29) is 23.2 Å². The fourth-order valence-corrected chi connectivity index (χ4v) is 1.90. The van der Waals surface area contributed by atoms with Gasteiger partial charge in [-0.2, -0.15) is 9.97 Å². The van der Waals surface area contributed by atoms with E-state index < -0.39 is 0 Å². The van der Waals surface area contributed by atoms with Crippen LogP contribution < -0.4 is 22.9 Å². The number of benzene rings is 1. The standard InChI is InChI=1S/C12H12N8/c13-6-3-1-2-5(4-6)7-9(14)18-11-8(17-7)10(15)19-12(16)20-11/h1-4H,13H2,(H6,14,15,16,18,19,20). The number of nitrogen functional groups attached to an aromatic ring is 4. The first-order valence-corrected chi connectivity index (χ1v) is 5.76. The summed E-state index contributed by atoms with van der Waals surface area (Å²) in [4.78, 5) is 16.4. The molecule has 0 saturated carbocycles. The molecule has 1 aromatic carbocycles. The Labute approximate surface area is 113 Å². The molecule has 20 heavy (non-hydrogen) atoms. The van der Waals surface area contributed by atoms with Gasteiger partial charge in [0.2, 0.25) is 5.95 Å². The lowest BCUT2D eigenvalue weighted by atomic mass is 10.1. The van der Waals surface area contributed by atoms with Crippen LogP contribution in [0.25, 0.3) is 22.4 Å². The zero-order chi connectivity index (χ0) is 14.3. The maximum Gasteiger partial charge on any atom is 0.224 e. The molecule has 3 rings (SSSR count). The first kappa shape index (κ1) is 11.9. The Morgan fingerprint density at radius 1 is 0.800 bits per heavy atom. The molecule has 0 spiro atoms. The fourth-order valence-electron chi connectivity index (χ4n) is 1.90. The molecule has 0 aliphatic carbocycles. The molecule has 3 aromatic rings. The second kappa shape index (κ2) is 4.19. The molecule has 0 atom stereocenters. The third kappa shape index (κ3) is 1.88. The summed E-state index contributed by atoms with van der Waals surface area (Å²) in [5.74, 6) is 0.408. The van der Waals surface area contributed by atoms with E-state index in [1.807, 2.05) is 6.07 Å². The maximum absolute atomic E-state index is 5.91. The number of hydrogen-bond acceptors (Lipinski definition) is 8. The van der Waals surface area contributed by atoms with Crippen LogP contribution in [0, 0.1) is 0 Å². The third-order valence-corrected chi connectivity index (χ3v) is 2.76. The Morgan fingerprint density at radius 2 is 1.60 bits per heavy atom. The van der Waals surface area contributed by atoms with Crippen molar-refractivity contribution in [2.45, 2.75) is 0 Å². The number of anilines is 4. The fraction of sp³-hybridized carbons (Fsp3) is 0. The van der Waals surface area contributed by atoms with Gasteiger partial charge >= 0.3 is 0 Å². The smallest absolute Gasteiger partial charge is 0.224 e. The zero-order valence-corrected chi connectivity index (χ0v) is 10.4. The van der Waals surface area contributed by atoms with Crippen LogP contribution in [0.15, 0.2) is 24.3 Å². The van der Waals surface area contributed by atoms with Crippen LogP contribution in [0.2, 0.25) is 0 Å². The predicted molar refractivity (Wildman–Crippen MR) is 78.2 cm³/mol. The van der Waals surface area contributed by atoms with Crippen LogP contribution in [-0.2, 0) is 0 Å². The second-order valence-corrected chi connectivity index (χ2v) is 4.22. The van der Waals surface area contributed by atoms with Gasteiger partial charge in [-0.05, 0) is 12.1 Å². The lowest BCUT2D eigenvalue weighted by molar-refractivity contribution is 1.17. The summed E-state index contributed by atoms with van der Waals surface area (Å²) in [6.07, 6.45) is 0. The molecule has 0 bridgehead atoms. The SMILES string of the molecule is Nc1cccc(-c2nc3c(N)nc(N)nc3nc2N)c1. The molecule has 8 nitrogen and oxygen atoms in total. The van der Waals surface area contributed by atoms with Crippen molar-refractivity contribution in [3.63, 3.8) is 0 Å². The molecule has 0 aliphatic rings. The highest BCUT2D eigenvalue weighted by Gasteiger charge is 2.13. The summed E-state index contributed by atoms with van der Waals surface area (Å²) in [5, 5.41) is 0. The summed E-state index contributed by atoms with van der Waals surface area (Å²) < 4.78 is 0. The quantitative estimate of drug-likeness (QED) is 0.462. The summed E-state index contributed by atoms with van der Waals surface area (Å²) in [6.45, 7) is 0. The van der Waals surface area contributed by atoms with Crippen LogP contribution in [0.3, 0.4) is 0 Å². The average Bonchev–Trinajstić information content (AvgIpc) is 2.37. The molecule has 2 aromatic heterocycles. The van der Waals surface area contributed by atoms with Gasteiger partial charge in [0.1, 0.15) is 5.69 Å². The van der Waals surface area contributed by atoms with E-state index in [9.17, 15) is 0 Å². The van der Waals surface area contributed by atoms with E-state index in [0.29, 0.717) is 16.9 Å². The van der Waals surface area contributed by atoms with Gasteiger partial charge in [0.15, 0.2) is 22.8 Å². The van der Waals surface area contributed by atoms with Crippen molar-refractivity contribution in [3.05, 3.63) is 24.3 Å². The van der Waals surface area contributed by atoms with Crippen molar-refractivity contribution >= 4 is 34.4 Å². The van der Waals surface area contributed by atoms with Gasteiger partial charge < -0.3 is 22.9 Å². The minimum atomic E-state index is 0.0282. The van der Waals surface area contributed by atoms with Crippen molar-refractivity contribution in [3.8, 4) is 11.3 Å². The normalized spacial score (nSPS) is 10.8. The molecule has 2 heterocycles. The molecule has 8 N–H and O–H groups in total. The summed E-state index contributed by atoms with van der Waals surface area (Å²) in [6, 6.07) is 7.16. The minimum absolute atomic E-state index is 0.0282. The Balaban J connectivity index is 2.30. The first-order chi connectivity index (χ1) is 9.54. The molecular formula is C12H12N8. The number of rotatable bonds is 1. The van der Waals surface area contributed by atoms with Crippen LogP contribution in [0.1, 0.15) is 0 Å². The van der Waals surface area contributed by atoms with Gasteiger partial charge in [-0.3, -0.25) is 0 Å². The molecule has 8 heteroatoms. The van der Waals surface area contributed by atoms with Crippen molar-refractivity contribution in [2.75, 3.05) is 22.9 Å². The first-order valence-electron chi connectivity index (χ1n) is 5.76. The Bertz CT molecular complexity index is 814. The highest BCUT2D eigenvalue weighted by molar-refractivity contribution is 5.87. The molecule has 100 valence electrons. The van der Waals surface area contributed by atoms with E-state index >= 15 is 0 Å². The third-order valence-electron chi connectivity index (χ3n) is 2.76. The molecule has 0 saturated heterocycles. The van der Waals surface area contributed by atoms with Gasteiger partial charge in [-0.25, -0.2) is 9.97 Å². The molecular weight excluding hydrogens is 256 g/mol. The second-order valence-electron chi connectivity index (χ2n) is 4.22. The molecule has 0 fully saturated rings. The monoisotopic (exact) mass is 268 g/mol. The number of nitrogens with zero attached hydrogens (tertiary/aromatic N) is 4. The Kier molecular flexibility index (Phi) is 2.50. The number of hydrogen-bond donors (Lipinski definition) is 4. The van der Waals surface area contributed by atoms with Crippen LogP contribution in [0.5, 0.6) is 0 Å². The van der Waals surface area contributed by atoms with E-state index in [1.165, 1.54) is 0 Å². The number of aromatic nitrogens is 4. The number of nitrogens with two attached hydrogens (primary N) is 4. The summed E-state index contributed by atoms with van der Waals surface area (Å²) in [7, 11) is 0. The lowest BCUT2D eigenvalue weighted by Gasteiger charge is -2.08. The summed E-state index contributed by atoms with van der Waals surface area (Å²) in [5.41, 5.74) is 25.4. The van der Waals surface area contributed by atoms with Gasteiger partial charge in [0.05, 0.1) is 0 Å². The van der Waals surface area contributed by atoms with E-state index in [2.05, 4.69) is 19.9 Å². The number of fused-ring (bicyclic) bond motifs is 1. The predicted octanol–water partition coefficient (Wildman–Crippen LogP) is 0.416. The van der Waals surface area contributed by atoms with Crippen LogP contribution in [0.4, 0.5) is 23.3 Å². The summed E-state index contributed by atoms with van der Waals surface area (Å²) >= 11 is 0. The van der Waals surface area contributed by atoms with Crippen LogP contribution >= 0.6 is 0 Å². The average molecular weight is 268 g/mol. The van der Waals surface area contributed by atoms with Crippen LogP contribution in [-0.4, -0.2) is 19.9 Å².